The van der Waals surface area contributed by atoms with E-state index in [2.05, 4.69) is 41.2 Å². The van der Waals surface area contributed by atoms with Gasteiger partial charge in [-0.25, -0.2) is 0 Å². The molecule has 0 spiro atoms. The Hall–Kier alpha value is -0.830. The van der Waals surface area contributed by atoms with Gasteiger partial charge < -0.3 is 5.32 Å². The van der Waals surface area contributed by atoms with Crippen molar-refractivity contribution in [3.05, 3.63) is 57.2 Å². The van der Waals surface area contributed by atoms with Crippen LogP contribution in [0.1, 0.15) is 42.9 Å². The lowest BCUT2D eigenvalue weighted by Crippen LogP contribution is -2.41. The molecule has 0 saturated heterocycles. The molecule has 1 unspecified atom stereocenters. The molecule has 0 radical (unpaired) electrons. The van der Waals surface area contributed by atoms with E-state index in [0.717, 1.165) is 5.02 Å². The number of hydrogen-bond acceptors (Lipinski definition) is 2. The van der Waals surface area contributed by atoms with E-state index in [0.29, 0.717) is 18.0 Å². The lowest BCUT2D eigenvalue weighted by Gasteiger charge is -2.38. The highest BCUT2D eigenvalue weighted by Gasteiger charge is 2.31. The monoisotopic (exact) mass is 291 g/mol. The van der Waals surface area contributed by atoms with Crippen molar-refractivity contribution in [3.63, 3.8) is 0 Å². The topological polar surface area (TPSA) is 12.0 Å². The summed E-state index contributed by atoms with van der Waals surface area (Å²) in [5, 5.41) is 8.91. The van der Waals surface area contributed by atoms with Gasteiger partial charge in [-0.15, -0.1) is 0 Å². The molecule has 19 heavy (non-hydrogen) atoms. The molecule has 1 aliphatic rings. The molecule has 1 aromatic heterocycles. The van der Waals surface area contributed by atoms with Gasteiger partial charge in [-0.2, -0.15) is 11.3 Å². The summed E-state index contributed by atoms with van der Waals surface area (Å²) in [7, 11) is 0. The third-order valence-electron chi connectivity index (χ3n) is 4.01. The van der Waals surface area contributed by atoms with Gasteiger partial charge in [-0.1, -0.05) is 23.7 Å². The van der Waals surface area contributed by atoms with Gasteiger partial charge in [0.15, 0.2) is 0 Å². The quantitative estimate of drug-likeness (QED) is 0.836. The second-order valence-electron chi connectivity index (χ2n) is 5.36. The number of nitrogens with one attached hydrogen (secondary N) is 1. The molecular weight excluding hydrogens is 274 g/mol. The van der Waals surface area contributed by atoms with Crippen molar-refractivity contribution in [1.82, 2.24) is 5.32 Å². The molecule has 1 aromatic carbocycles. The van der Waals surface area contributed by atoms with E-state index >= 15 is 0 Å². The minimum absolute atomic E-state index is 0.461. The first-order valence-electron chi connectivity index (χ1n) is 6.76. The number of rotatable bonds is 4. The molecule has 3 heteroatoms. The Morgan fingerprint density at radius 1 is 1.21 bits per heavy atom. The third kappa shape index (κ3) is 3.02. The summed E-state index contributed by atoms with van der Waals surface area (Å²) < 4.78 is 0. The predicted molar refractivity (Wildman–Crippen MR) is 83.1 cm³/mol. The van der Waals surface area contributed by atoms with Crippen LogP contribution in [-0.2, 0) is 0 Å². The van der Waals surface area contributed by atoms with Crippen molar-refractivity contribution in [2.45, 2.75) is 37.8 Å². The maximum Gasteiger partial charge on any atom is 0.0406 e. The molecule has 0 aliphatic heterocycles. The van der Waals surface area contributed by atoms with E-state index in [9.17, 15) is 0 Å². The average molecular weight is 292 g/mol. The van der Waals surface area contributed by atoms with Gasteiger partial charge in [-0.05, 0) is 65.8 Å². The van der Waals surface area contributed by atoms with Crippen molar-refractivity contribution >= 4 is 22.9 Å². The van der Waals surface area contributed by atoms with E-state index in [-0.39, 0.29) is 0 Å². The number of thiophene rings is 1. The van der Waals surface area contributed by atoms with E-state index in [1.54, 1.807) is 11.3 Å². The van der Waals surface area contributed by atoms with Crippen LogP contribution in [0.4, 0.5) is 0 Å². The molecule has 1 atom stereocenters. The molecule has 0 bridgehead atoms. The van der Waals surface area contributed by atoms with Gasteiger partial charge in [0.1, 0.15) is 0 Å². The van der Waals surface area contributed by atoms with Crippen LogP contribution in [0.2, 0.25) is 5.02 Å². The van der Waals surface area contributed by atoms with Gasteiger partial charge in [0.25, 0.3) is 0 Å². The summed E-state index contributed by atoms with van der Waals surface area (Å²) in [6, 6.07) is 11.6. The summed E-state index contributed by atoms with van der Waals surface area (Å²) in [5.41, 5.74) is 2.82. The lowest BCUT2D eigenvalue weighted by molar-refractivity contribution is 0.271. The molecule has 1 N–H and O–H groups in total. The average Bonchev–Trinajstić information content (AvgIpc) is 2.88. The number of halogens is 1. The second kappa shape index (κ2) is 5.66. The SMILES string of the molecule is CC(NC1CC(c2ccc(Cl)cc2)C1)c1ccsc1. The zero-order valence-corrected chi connectivity index (χ0v) is 12.5. The fraction of sp³-hybridized carbons (Fsp3) is 0.375. The first-order valence-corrected chi connectivity index (χ1v) is 8.08. The molecule has 1 heterocycles. The number of benzene rings is 1. The van der Waals surface area contributed by atoms with Gasteiger partial charge in [-0.3, -0.25) is 0 Å². The summed E-state index contributed by atoms with van der Waals surface area (Å²) in [6.45, 7) is 2.25. The first kappa shape index (κ1) is 13.2. The molecule has 1 nitrogen and oxygen atoms in total. The Labute approximate surface area is 123 Å². The van der Waals surface area contributed by atoms with Crippen LogP contribution in [0.15, 0.2) is 41.1 Å². The normalized spacial score (nSPS) is 23.9. The summed E-state index contributed by atoms with van der Waals surface area (Å²) >= 11 is 7.69. The van der Waals surface area contributed by atoms with Crippen LogP contribution in [-0.4, -0.2) is 6.04 Å². The van der Waals surface area contributed by atoms with Crippen LogP contribution >= 0.6 is 22.9 Å². The Kier molecular flexibility index (Phi) is 3.92. The van der Waals surface area contributed by atoms with Crippen molar-refractivity contribution in [2.75, 3.05) is 0 Å². The zero-order chi connectivity index (χ0) is 13.2. The lowest BCUT2D eigenvalue weighted by atomic mass is 9.75. The second-order valence-corrected chi connectivity index (χ2v) is 6.58. The standard InChI is InChI=1S/C16H18ClNS/c1-11(13-6-7-19-10-13)18-16-8-14(9-16)12-2-4-15(17)5-3-12/h2-7,10-11,14,16,18H,8-9H2,1H3. The third-order valence-corrected chi connectivity index (χ3v) is 4.96. The highest BCUT2D eigenvalue weighted by atomic mass is 35.5. The van der Waals surface area contributed by atoms with Gasteiger partial charge in [0.2, 0.25) is 0 Å². The van der Waals surface area contributed by atoms with E-state index in [1.165, 1.54) is 24.0 Å². The van der Waals surface area contributed by atoms with Gasteiger partial charge in [0, 0.05) is 17.1 Å². The fourth-order valence-corrected chi connectivity index (χ4v) is 3.61. The Morgan fingerprint density at radius 3 is 2.58 bits per heavy atom. The zero-order valence-electron chi connectivity index (χ0n) is 11.0. The van der Waals surface area contributed by atoms with Crippen molar-refractivity contribution in [3.8, 4) is 0 Å². The molecule has 100 valence electrons. The molecule has 1 aliphatic carbocycles. The minimum Gasteiger partial charge on any atom is -0.307 e. The Balaban J connectivity index is 1.51. The minimum atomic E-state index is 0.461. The van der Waals surface area contributed by atoms with Crippen molar-refractivity contribution < 1.29 is 0 Å². The highest BCUT2D eigenvalue weighted by molar-refractivity contribution is 7.07. The van der Waals surface area contributed by atoms with Crippen LogP contribution in [0.25, 0.3) is 0 Å². The molecule has 3 rings (SSSR count). The summed E-state index contributed by atoms with van der Waals surface area (Å²) in [5.74, 6) is 0.699. The molecule has 0 amide bonds. The van der Waals surface area contributed by atoms with Crippen LogP contribution < -0.4 is 5.32 Å². The number of hydrogen-bond donors (Lipinski definition) is 1. The highest BCUT2D eigenvalue weighted by Crippen LogP contribution is 2.38. The molecule has 1 fully saturated rings. The van der Waals surface area contributed by atoms with Crippen molar-refractivity contribution in [1.29, 1.82) is 0 Å². The Morgan fingerprint density at radius 2 is 1.95 bits per heavy atom. The van der Waals surface area contributed by atoms with Crippen LogP contribution in [0.5, 0.6) is 0 Å². The van der Waals surface area contributed by atoms with Gasteiger partial charge >= 0.3 is 0 Å². The maximum absolute atomic E-state index is 5.92. The van der Waals surface area contributed by atoms with Crippen LogP contribution in [0, 0.1) is 0 Å². The maximum atomic E-state index is 5.92. The van der Waals surface area contributed by atoms with Crippen LogP contribution in [0.3, 0.4) is 0 Å². The van der Waals surface area contributed by atoms with E-state index < -0.39 is 0 Å². The smallest absolute Gasteiger partial charge is 0.0406 e. The largest absolute Gasteiger partial charge is 0.307 e. The molecule has 1 saturated carbocycles. The van der Waals surface area contributed by atoms with E-state index in [4.69, 9.17) is 11.6 Å². The Bertz CT molecular complexity index is 514. The molecular formula is C16H18ClNS. The van der Waals surface area contributed by atoms with Gasteiger partial charge in [0.05, 0.1) is 0 Å². The molecule has 2 aromatic rings. The van der Waals surface area contributed by atoms with E-state index in [1.807, 2.05) is 12.1 Å². The first-order chi connectivity index (χ1) is 9.22. The summed E-state index contributed by atoms with van der Waals surface area (Å²) in [4.78, 5) is 0. The summed E-state index contributed by atoms with van der Waals surface area (Å²) in [6.07, 6.45) is 2.46. The van der Waals surface area contributed by atoms with Crippen molar-refractivity contribution in [2.24, 2.45) is 0 Å². The fourth-order valence-electron chi connectivity index (χ4n) is 2.73. The predicted octanol–water partition coefficient (Wildman–Crippen LogP) is 5.00.